The zero-order chi connectivity index (χ0) is 16.4. The van der Waals surface area contributed by atoms with Gasteiger partial charge in [-0.05, 0) is 43.5 Å². The van der Waals surface area contributed by atoms with Gasteiger partial charge < -0.3 is 15.2 Å². The van der Waals surface area contributed by atoms with E-state index in [1.807, 2.05) is 25.1 Å². The van der Waals surface area contributed by atoms with E-state index in [4.69, 9.17) is 9.84 Å². The third kappa shape index (κ3) is 7.93. The number of carbonyl (C=O) groups excluding carboxylic acids is 1. The molecule has 0 aromatic heterocycles. The lowest BCUT2D eigenvalue weighted by molar-refractivity contribution is -0.133. The molecular weight excluding hydrogens is 302 g/mol. The van der Waals surface area contributed by atoms with E-state index in [1.54, 1.807) is 0 Å². The molecule has 0 saturated heterocycles. The van der Waals surface area contributed by atoms with E-state index >= 15 is 0 Å². The highest BCUT2D eigenvalue weighted by atomic mass is 32.2. The van der Waals surface area contributed by atoms with Crippen LogP contribution in [0.25, 0.3) is 0 Å². The first-order valence-corrected chi connectivity index (χ1v) is 8.41. The third-order valence-corrected chi connectivity index (χ3v) is 4.03. The molecule has 0 bridgehead atoms. The molecule has 0 heterocycles. The lowest BCUT2D eigenvalue weighted by atomic mass is 10.1. The summed E-state index contributed by atoms with van der Waals surface area (Å²) in [4.78, 5) is 21.9. The number of amides is 1. The molecule has 1 rings (SSSR count). The Kier molecular flexibility index (Phi) is 8.43. The fraction of sp³-hybridized carbons (Fsp3) is 0.500. The van der Waals surface area contributed by atoms with Gasteiger partial charge in [0, 0.05) is 18.7 Å². The van der Waals surface area contributed by atoms with Gasteiger partial charge in [0.2, 0.25) is 5.91 Å². The highest BCUT2D eigenvalue weighted by Crippen LogP contribution is 2.16. The van der Waals surface area contributed by atoms with Gasteiger partial charge in [-0.25, -0.2) is 0 Å². The largest absolute Gasteiger partial charge is 0.494 e. The molecule has 0 atom stereocenters. The summed E-state index contributed by atoms with van der Waals surface area (Å²) in [6, 6.07) is 5.95. The summed E-state index contributed by atoms with van der Waals surface area (Å²) in [5, 5.41) is 11.2. The minimum absolute atomic E-state index is 0.0281. The zero-order valence-corrected chi connectivity index (χ0v) is 13.9. The van der Waals surface area contributed by atoms with Crippen molar-refractivity contribution in [3.05, 3.63) is 29.3 Å². The lowest BCUT2D eigenvalue weighted by Gasteiger charge is -2.08. The van der Waals surface area contributed by atoms with Gasteiger partial charge in [-0.15, -0.1) is 11.8 Å². The average Bonchev–Trinajstić information content (AvgIpc) is 2.46. The van der Waals surface area contributed by atoms with Crippen molar-refractivity contribution in [3.8, 4) is 5.75 Å². The number of carbonyl (C=O) groups is 2. The highest BCUT2D eigenvalue weighted by molar-refractivity contribution is 7.99. The summed E-state index contributed by atoms with van der Waals surface area (Å²) in [6.45, 7) is 5.09. The van der Waals surface area contributed by atoms with E-state index in [0.29, 0.717) is 31.7 Å². The summed E-state index contributed by atoms with van der Waals surface area (Å²) in [5.41, 5.74) is 2.42. The maximum Gasteiger partial charge on any atom is 0.313 e. The van der Waals surface area contributed by atoms with Crippen LogP contribution in [0, 0.1) is 13.8 Å². The third-order valence-electron chi connectivity index (χ3n) is 3.09. The first kappa shape index (κ1) is 18.4. The van der Waals surface area contributed by atoms with Crippen molar-refractivity contribution in [2.24, 2.45) is 0 Å². The van der Waals surface area contributed by atoms with Gasteiger partial charge in [0.25, 0.3) is 0 Å². The number of hydrogen-bond donors (Lipinski definition) is 2. The molecule has 1 aromatic rings. The number of aliphatic carboxylic acids is 1. The van der Waals surface area contributed by atoms with Gasteiger partial charge >= 0.3 is 5.97 Å². The molecule has 0 saturated carbocycles. The van der Waals surface area contributed by atoms with Crippen LogP contribution >= 0.6 is 11.8 Å². The van der Waals surface area contributed by atoms with E-state index in [9.17, 15) is 9.59 Å². The Labute approximate surface area is 135 Å². The number of ether oxygens (including phenoxy) is 1. The normalized spacial score (nSPS) is 10.3. The second-order valence-corrected chi connectivity index (χ2v) is 6.10. The van der Waals surface area contributed by atoms with Crippen LogP contribution in [0.5, 0.6) is 5.75 Å². The number of nitrogens with one attached hydrogen (secondary N) is 1. The molecule has 1 amide bonds. The van der Waals surface area contributed by atoms with Gasteiger partial charge in [0.1, 0.15) is 5.75 Å². The Hall–Kier alpha value is -1.69. The molecule has 22 heavy (non-hydrogen) atoms. The molecule has 0 radical (unpaired) electrons. The number of carboxylic acid groups (broad SMARTS) is 1. The van der Waals surface area contributed by atoms with Gasteiger partial charge in [-0.3, -0.25) is 9.59 Å². The smallest absolute Gasteiger partial charge is 0.313 e. The summed E-state index contributed by atoms with van der Waals surface area (Å²) in [5.74, 6) is 0.643. The monoisotopic (exact) mass is 325 g/mol. The van der Waals surface area contributed by atoms with Crippen molar-refractivity contribution < 1.29 is 19.4 Å². The van der Waals surface area contributed by atoms with Gasteiger partial charge in [-0.2, -0.15) is 0 Å². The Morgan fingerprint density at radius 3 is 2.73 bits per heavy atom. The number of carboxylic acids is 1. The number of aryl methyl sites for hydroxylation is 2. The van der Waals surface area contributed by atoms with E-state index in [0.717, 1.165) is 5.75 Å². The van der Waals surface area contributed by atoms with Crippen LogP contribution in [-0.4, -0.2) is 41.6 Å². The Morgan fingerprint density at radius 1 is 1.27 bits per heavy atom. The predicted octanol–water partition coefficient (Wildman–Crippen LogP) is 2.40. The molecule has 0 aliphatic carbocycles. The second kappa shape index (κ2) is 10.1. The number of hydrogen-bond acceptors (Lipinski definition) is 4. The summed E-state index contributed by atoms with van der Waals surface area (Å²) < 4.78 is 5.61. The number of rotatable bonds is 10. The van der Waals surface area contributed by atoms with Crippen LogP contribution < -0.4 is 10.1 Å². The van der Waals surface area contributed by atoms with Crippen LogP contribution in [0.2, 0.25) is 0 Å². The highest BCUT2D eigenvalue weighted by Gasteiger charge is 2.03. The van der Waals surface area contributed by atoms with Crippen molar-refractivity contribution in [3.63, 3.8) is 0 Å². The van der Waals surface area contributed by atoms with Crippen molar-refractivity contribution in [1.29, 1.82) is 0 Å². The van der Waals surface area contributed by atoms with Crippen LogP contribution in [0.15, 0.2) is 18.2 Å². The first-order valence-electron chi connectivity index (χ1n) is 7.25. The van der Waals surface area contributed by atoms with E-state index in [-0.39, 0.29) is 11.7 Å². The van der Waals surface area contributed by atoms with Crippen LogP contribution in [-0.2, 0) is 9.59 Å². The maximum absolute atomic E-state index is 11.6. The Balaban J connectivity index is 2.07. The Bertz CT molecular complexity index is 505. The molecule has 5 nitrogen and oxygen atoms in total. The fourth-order valence-corrected chi connectivity index (χ4v) is 2.30. The van der Waals surface area contributed by atoms with E-state index < -0.39 is 5.97 Å². The molecule has 0 aliphatic rings. The first-order chi connectivity index (χ1) is 10.5. The van der Waals surface area contributed by atoms with Crippen LogP contribution in [0.3, 0.4) is 0 Å². The average molecular weight is 325 g/mol. The van der Waals surface area contributed by atoms with Crippen molar-refractivity contribution >= 4 is 23.6 Å². The van der Waals surface area contributed by atoms with Gasteiger partial charge in [0.15, 0.2) is 0 Å². The van der Waals surface area contributed by atoms with E-state index in [1.165, 1.54) is 22.9 Å². The summed E-state index contributed by atoms with van der Waals surface area (Å²) in [6.07, 6.45) is 1.06. The van der Waals surface area contributed by atoms with Gasteiger partial charge in [0.05, 0.1) is 12.4 Å². The molecule has 122 valence electrons. The number of thioether (sulfide) groups is 1. The topological polar surface area (TPSA) is 75.6 Å². The van der Waals surface area contributed by atoms with Crippen LogP contribution in [0.4, 0.5) is 0 Å². The second-order valence-electron chi connectivity index (χ2n) is 4.99. The molecule has 1 aromatic carbocycles. The molecule has 0 spiro atoms. The SMILES string of the molecule is Cc1ccc(OCCCC(=O)NCCSCC(=O)O)cc1C. The molecule has 6 heteroatoms. The lowest BCUT2D eigenvalue weighted by Crippen LogP contribution is -2.26. The zero-order valence-electron chi connectivity index (χ0n) is 13.1. The minimum Gasteiger partial charge on any atom is -0.494 e. The van der Waals surface area contributed by atoms with Crippen molar-refractivity contribution in [1.82, 2.24) is 5.32 Å². The molecule has 0 aliphatic heterocycles. The molecular formula is C16H23NO4S. The quantitative estimate of drug-likeness (QED) is 0.646. The standard InChI is InChI=1S/C16H23NO4S/c1-12-5-6-14(10-13(12)2)21-8-3-4-15(18)17-7-9-22-11-16(19)20/h5-6,10H,3-4,7-9,11H2,1-2H3,(H,17,18)(H,19,20). The number of benzene rings is 1. The molecule has 2 N–H and O–H groups in total. The molecule has 0 fully saturated rings. The fourth-order valence-electron chi connectivity index (χ4n) is 1.74. The van der Waals surface area contributed by atoms with E-state index in [2.05, 4.69) is 12.2 Å². The maximum atomic E-state index is 11.6. The Morgan fingerprint density at radius 2 is 2.05 bits per heavy atom. The summed E-state index contributed by atoms with van der Waals surface area (Å²) >= 11 is 1.29. The minimum atomic E-state index is -0.834. The van der Waals surface area contributed by atoms with Crippen molar-refractivity contribution in [2.45, 2.75) is 26.7 Å². The molecule has 0 unspecified atom stereocenters. The van der Waals surface area contributed by atoms with Gasteiger partial charge in [-0.1, -0.05) is 6.07 Å². The van der Waals surface area contributed by atoms with Crippen LogP contribution in [0.1, 0.15) is 24.0 Å². The predicted molar refractivity (Wildman–Crippen MR) is 88.6 cm³/mol. The van der Waals surface area contributed by atoms with Crippen molar-refractivity contribution in [2.75, 3.05) is 24.7 Å². The summed E-state index contributed by atoms with van der Waals surface area (Å²) in [7, 11) is 0.